The molecule has 0 aromatic carbocycles. The fraction of sp³-hybridized carbons (Fsp3) is 0.438. The minimum Gasteiger partial charge on any atom is -0.306 e. The first-order valence-electron chi connectivity index (χ1n) is 6.93. The number of allylic oxidation sites excluding steroid dienone is 2. The third-order valence-electron chi connectivity index (χ3n) is 3.12. The fourth-order valence-electron chi connectivity index (χ4n) is 2.13. The predicted octanol–water partition coefficient (Wildman–Crippen LogP) is 3.99. The van der Waals surface area contributed by atoms with Crippen molar-refractivity contribution < 1.29 is 0 Å². The lowest BCUT2D eigenvalue weighted by atomic mass is 10.1. The van der Waals surface area contributed by atoms with Crippen LogP contribution in [0.15, 0.2) is 30.1 Å². The third kappa shape index (κ3) is 4.43. The van der Waals surface area contributed by atoms with E-state index in [1.54, 1.807) is 10.6 Å². The summed E-state index contributed by atoms with van der Waals surface area (Å²) in [5.74, 6) is 0. The summed E-state index contributed by atoms with van der Waals surface area (Å²) in [6.45, 7) is 10.2. The molecular formula is C16H24N2O. The highest BCUT2D eigenvalue weighted by atomic mass is 16.1. The normalized spacial score (nSPS) is 11.0. The van der Waals surface area contributed by atoms with Gasteiger partial charge in [0.05, 0.1) is 11.4 Å². The SMILES string of the molecule is C=CCCCCCCn1c(/C=C\C)c(C=C)[nH]c1=O. The van der Waals surface area contributed by atoms with Crippen molar-refractivity contribution in [1.82, 2.24) is 9.55 Å². The first-order valence-corrected chi connectivity index (χ1v) is 6.93. The molecule has 1 aromatic rings. The maximum atomic E-state index is 11.9. The Kier molecular flexibility index (Phi) is 6.72. The molecule has 19 heavy (non-hydrogen) atoms. The number of unbranched alkanes of at least 4 members (excludes halogenated alkanes) is 4. The van der Waals surface area contributed by atoms with Crippen LogP contribution in [-0.2, 0) is 6.54 Å². The van der Waals surface area contributed by atoms with Crippen molar-refractivity contribution in [2.75, 3.05) is 0 Å². The summed E-state index contributed by atoms with van der Waals surface area (Å²) in [5, 5.41) is 0. The Hall–Kier alpha value is -1.77. The van der Waals surface area contributed by atoms with Crippen LogP contribution < -0.4 is 5.69 Å². The number of imidazole rings is 1. The van der Waals surface area contributed by atoms with Crippen LogP contribution in [0.2, 0.25) is 0 Å². The van der Waals surface area contributed by atoms with Crippen LogP contribution in [0.4, 0.5) is 0 Å². The molecule has 1 N–H and O–H groups in total. The number of aromatic amines is 1. The molecule has 104 valence electrons. The van der Waals surface area contributed by atoms with E-state index >= 15 is 0 Å². The average molecular weight is 260 g/mol. The van der Waals surface area contributed by atoms with Crippen LogP contribution in [0.5, 0.6) is 0 Å². The van der Waals surface area contributed by atoms with E-state index in [0.717, 1.165) is 37.2 Å². The second-order valence-corrected chi connectivity index (χ2v) is 4.58. The maximum Gasteiger partial charge on any atom is 0.326 e. The summed E-state index contributed by atoms with van der Waals surface area (Å²) in [5.41, 5.74) is 1.68. The van der Waals surface area contributed by atoms with Gasteiger partial charge < -0.3 is 4.98 Å². The van der Waals surface area contributed by atoms with Gasteiger partial charge in [0.1, 0.15) is 0 Å². The molecule has 0 bridgehead atoms. The third-order valence-corrected chi connectivity index (χ3v) is 3.12. The van der Waals surface area contributed by atoms with Crippen LogP contribution in [0.3, 0.4) is 0 Å². The number of rotatable bonds is 9. The lowest BCUT2D eigenvalue weighted by molar-refractivity contribution is 0.562. The van der Waals surface area contributed by atoms with Crippen LogP contribution in [-0.4, -0.2) is 9.55 Å². The molecule has 1 heterocycles. The van der Waals surface area contributed by atoms with Gasteiger partial charge in [0.2, 0.25) is 0 Å². The molecule has 0 aliphatic carbocycles. The summed E-state index contributed by atoms with van der Waals surface area (Å²) >= 11 is 0. The van der Waals surface area contributed by atoms with Gasteiger partial charge in [-0.3, -0.25) is 4.57 Å². The lowest BCUT2D eigenvalue weighted by Crippen LogP contribution is -2.18. The summed E-state index contributed by atoms with van der Waals surface area (Å²) in [6.07, 6.45) is 13.2. The van der Waals surface area contributed by atoms with Crippen molar-refractivity contribution >= 4 is 12.2 Å². The molecule has 0 unspecified atom stereocenters. The molecule has 3 nitrogen and oxygen atoms in total. The van der Waals surface area contributed by atoms with Crippen molar-refractivity contribution in [3.05, 3.63) is 47.2 Å². The van der Waals surface area contributed by atoms with E-state index in [-0.39, 0.29) is 5.69 Å². The summed E-state index contributed by atoms with van der Waals surface area (Å²) in [6, 6.07) is 0. The quantitative estimate of drug-likeness (QED) is 0.529. The molecule has 0 saturated heterocycles. The molecular weight excluding hydrogens is 236 g/mol. The number of hydrogen-bond donors (Lipinski definition) is 1. The highest BCUT2D eigenvalue weighted by Gasteiger charge is 2.08. The number of hydrogen-bond acceptors (Lipinski definition) is 1. The largest absolute Gasteiger partial charge is 0.326 e. The van der Waals surface area contributed by atoms with E-state index in [1.807, 2.05) is 25.2 Å². The van der Waals surface area contributed by atoms with Crippen molar-refractivity contribution in [3.8, 4) is 0 Å². The topological polar surface area (TPSA) is 37.8 Å². The Balaban J connectivity index is 2.62. The fourth-order valence-corrected chi connectivity index (χ4v) is 2.13. The Morgan fingerprint density at radius 3 is 2.58 bits per heavy atom. The Morgan fingerprint density at radius 1 is 1.21 bits per heavy atom. The second-order valence-electron chi connectivity index (χ2n) is 4.58. The lowest BCUT2D eigenvalue weighted by Gasteiger charge is -2.05. The van der Waals surface area contributed by atoms with Crippen molar-refractivity contribution in [2.24, 2.45) is 0 Å². The van der Waals surface area contributed by atoms with E-state index in [0.29, 0.717) is 0 Å². The number of nitrogens with one attached hydrogen (secondary N) is 1. The molecule has 0 amide bonds. The summed E-state index contributed by atoms with van der Waals surface area (Å²) in [7, 11) is 0. The molecule has 1 rings (SSSR count). The molecule has 0 radical (unpaired) electrons. The Morgan fingerprint density at radius 2 is 1.95 bits per heavy atom. The Bertz CT molecular complexity index is 491. The minimum atomic E-state index is -0.0471. The first kappa shape index (κ1) is 15.3. The zero-order chi connectivity index (χ0) is 14.1. The first-order chi connectivity index (χ1) is 9.24. The Labute approximate surface area is 115 Å². The van der Waals surface area contributed by atoms with Gasteiger partial charge in [-0.1, -0.05) is 31.6 Å². The molecule has 1 aromatic heterocycles. The maximum absolute atomic E-state index is 11.9. The molecule has 0 fully saturated rings. The van der Waals surface area contributed by atoms with Gasteiger partial charge in [0.25, 0.3) is 0 Å². The van der Waals surface area contributed by atoms with Crippen molar-refractivity contribution in [1.29, 1.82) is 0 Å². The van der Waals surface area contributed by atoms with Gasteiger partial charge in [0.15, 0.2) is 0 Å². The molecule has 0 saturated carbocycles. The average Bonchev–Trinajstić information content (AvgIpc) is 2.71. The number of nitrogens with zero attached hydrogens (tertiary/aromatic N) is 1. The van der Waals surface area contributed by atoms with Crippen molar-refractivity contribution in [2.45, 2.75) is 45.6 Å². The smallest absolute Gasteiger partial charge is 0.306 e. The number of H-pyrrole nitrogens is 1. The van der Waals surface area contributed by atoms with E-state index in [2.05, 4.69) is 18.1 Å². The molecule has 0 spiro atoms. The standard InChI is InChI=1S/C16H24N2O/c1-4-7-8-9-10-11-13-18-15(12-5-2)14(6-3)17-16(18)19/h4-6,12H,1,3,7-11,13H2,2H3,(H,17,19)/b12-5-. The van der Waals surface area contributed by atoms with Crippen LogP contribution >= 0.6 is 0 Å². The minimum absolute atomic E-state index is 0.0471. The highest BCUT2D eigenvalue weighted by Crippen LogP contribution is 2.11. The van der Waals surface area contributed by atoms with Gasteiger partial charge in [-0.05, 0) is 38.3 Å². The summed E-state index contributed by atoms with van der Waals surface area (Å²) < 4.78 is 1.80. The van der Waals surface area contributed by atoms with Gasteiger partial charge in [-0.15, -0.1) is 6.58 Å². The van der Waals surface area contributed by atoms with E-state index in [9.17, 15) is 4.79 Å². The predicted molar refractivity (Wildman–Crippen MR) is 83.1 cm³/mol. The second kappa shape index (κ2) is 8.35. The number of aromatic nitrogens is 2. The molecule has 0 aliphatic rings. The van der Waals surface area contributed by atoms with Crippen LogP contribution in [0.1, 0.15) is 50.4 Å². The van der Waals surface area contributed by atoms with Gasteiger partial charge in [-0.2, -0.15) is 0 Å². The molecule has 3 heteroatoms. The summed E-state index contributed by atoms with van der Waals surface area (Å²) in [4.78, 5) is 14.7. The van der Waals surface area contributed by atoms with Crippen molar-refractivity contribution in [3.63, 3.8) is 0 Å². The monoisotopic (exact) mass is 260 g/mol. The van der Waals surface area contributed by atoms with E-state index < -0.39 is 0 Å². The van der Waals surface area contributed by atoms with Crippen LogP contribution in [0.25, 0.3) is 12.2 Å². The molecule has 0 aliphatic heterocycles. The van der Waals surface area contributed by atoms with Gasteiger partial charge in [0, 0.05) is 6.54 Å². The zero-order valence-electron chi connectivity index (χ0n) is 11.8. The van der Waals surface area contributed by atoms with E-state index in [1.165, 1.54) is 12.8 Å². The highest BCUT2D eigenvalue weighted by molar-refractivity contribution is 5.58. The van der Waals surface area contributed by atoms with Gasteiger partial charge in [-0.25, -0.2) is 4.79 Å². The molecule has 0 atom stereocenters. The van der Waals surface area contributed by atoms with Crippen LogP contribution in [0, 0.1) is 0 Å². The van der Waals surface area contributed by atoms with Gasteiger partial charge >= 0.3 is 5.69 Å². The van der Waals surface area contributed by atoms with E-state index in [4.69, 9.17) is 0 Å². The zero-order valence-corrected chi connectivity index (χ0v) is 11.8.